The number of fused-ring (bicyclic) bond motifs is 2. The molecule has 106 heavy (non-hydrogen) atoms. The number of aliphatic hydroxyl groups excluding tert-OH is 1. The summed E-state index contributed by atoms with van der Waals surface area (Å²) >= 11 is 0. The number of rotatable bonds is 40. The van der Waals surface area contributed by atoms with Gasteiger partial charge in [0.25, 0.3) is 5.91 Å². The molecule has 3 fully saturated rings. The van der Waals surface area contributed by atoms with Crippen molar-refractivity contribution in [2.45, 2.75) is 169 Å². The highest BCUT2D eigenvalue weighted by molar-refractivity contribution is 8.76. The molecule has 36 heteroatoms. The molecule has 12 atom stereocenters. The van der Waals surface area contributed by atoms with Gasteiger partial charge < -0.3 is 97.1 Å². The third-order valence-corrected chi connectivity index (χ3v) is 23.7. The lowest BCUT2D eigenvalue weighted by Crippen LogP contribution is -2.82. The molecule has 17 N–H and O–H groups in total. The molecule has 8 rings (SSSR count). The van der Waals surface area contributed by atoms with Crippen LogP contribution in [-0.2, 0) is 81.1 Å². The first-order valence-corrected chi connectivity index (χ1v) is 37.9. The van der Waals surface area contributed by atoms with Gasteiger partial charge in [-0.1, -0.05) is 72.7 Å². The molecule has 582 valence electrons. The molecule has 5 aliphatic rings. The van der Waals surface area contributed by atoms with Crippen molar-refractivity contribution in [1.29, 1.82) is 0 Å². The van der Waals surface area contributed by atoms with Crippen molar-refractivity contribution in [3.63, 3.8) is 0 Å². The molecule has 2 aromatic carbocycles. The van der Waals surface area contributed by atoms with Crippen LogP contribution in [0.5, 0.6) is 5.75 Å². The third kappa shape index (κ3) is 17.5. The van der Waals surface area contributed by atoms with Gasteiger partial charge in [-0.2, -0.15) is 0 Å². The number of carbonyl (C=O) groups is 12. The first-order chi connectivity index (χ1) is 50.5. The average molecular weight is 1520 g/mol. The zero-order valence-electron chi connectivity index (χ0n) is 60.1. The van der Waals surface area contributed by atoms with Crippen molar-refractivity contribution in [3.8, 4) is 5.75 Å². The van der Waals surface area contributed by atoms with Crippen molar-refractivity contribution in [2.75, 3.05) is 90.1 Å². The van der Waals surface area contributed by atoms with Crippen molar-refractivity contribution in [2.24, 2.45) is 11.3 Å². The second kappa shape index (κ2) is 36.1. The molecule has 34 nitrogen and oxygen atoms in total. The highest BCUT2D eigenvalue weighted by atomic mass is 33.1. The molecule has 1 spiro atoms. The number of likely N-dealkylation sites (N-methyl/N-ethyl adjacent to an activating group) is 2. The van der Waals surface area contributed by atoms with Crippen molar-refractivity contribution in [3.05, 3.63) is 70.9 Å². The minimum absolute atomic E-state index is 0.0227. The molecule has 8 amide bonds. The van der Waals surface area contributed by atoms with E-state index in [-0.39, 0.29) is 44.7 Å². The molecule has 0 bridgehead atoms. The SMILES string of the molecule is CCNCCc1c(C(Cc2cc3c(cc2OC)N(C)[C@H]2[C@@](O)(C(=O)NNC(=O)OCCSSCCNC(=O)CNC(=O)[C@H](CC(=O)O)NC(=O)CC[C@H](NC(=O)CC[C@H](NC(=O)NCCCC(=O)O)C(=O)O)C(=O)O)[C@H](O)[C@]4(CC)C=CCN5CC[C@]32C54)(C(=O)OC)C2CC[C@@]2(O)CC)[nH]c2ccccc12. The number of H-pyrrole nitrogens is 1. The molecule has 4 heterocycles. The van der Waals surface area contributed by atoms with Crippen LogP contribution < -0.4 is 57.7 Å². The van der Waals surface area contributed by atoms with E-state index in [4.69, 9.17) is 19.3 Å². The fraction of sp³-hybridized carbons (Fsp3) is 0.600. The molecule has 3 aliphatic heterocycles. The molecule has 2 saturated carbocycles. The molecular weight excluding hydrogens is 1420 g/mol. The number of aromatic amines is 1. The summed E-state index contributed by atoms with van der Waals surface area (Å²) in [5.74, 6) is -10.7. The van der Waals surface area contributed by atoms with Gasteiger partial charge in [0.15, 0.2) is 5.60 Å². The van der Waals surface area contributed by atoms with Crippen LogP contribution in [-0.4, -0.2) is 250 Å². The van der Waals surface area contributed by atoms with Crippen LogP contribution in [0.2, 0.25) is 0 Å². The van der Waals surface area contributed by atoms with Gasteiger partial charge in [-0.05, 0) is 113 Å². The summed E-state index contributed by atoms with van der Waals surface area (Å²) in [7, 11) is 7.18. The number of urea groups is 1. The standard InChI is InChI=1S/C70H98N12O22S2/c1-7-66-23-13-29-82-30-25-68(59(66)82)42-34-39(37-69(63(97)103-6,49-21-24-67(49,100)8-2)55-41(22-27-71-9-3)40-14-10-11-15-43(40)77-55)48(102-5)36-47(42)81(4)60(68)70(101,61(66)95)62(96)79-80-65(99)104-31-33-106-105-32-28-72-52(85)38-74-56(90)46(35-54(88)89)76-51(84)19-17-44(57(91)92)75-50(83)20-18-45(58(93)94)78-64(98)73-26-12-16-53(86)87/h10-11,13-15,23,34,36,44-46,49,59-61,71,77,95,100-101H,7-9,12,16-22,24-33,35,37-38H2,1-6H3,(H,72,85)(H,74,90)(H,75,83)(H,76,84)(H,79,96)(H,80,99)(H,86,87)(H,88,89)(H,91,92)(H,93,94)(H2,73,78,98)/t44-,45-,46-,49?,59?,60+,61+,66+,67-,68+,69?,70-/m0/s1. The number of ether oxygens (including phenoxy) is 3. The van der Waals surface area contributed by atoms with Gasteiger partial charge in [-0.25, -0.2) is 24.6 Å². The lowest BCUT2D eigenvalue weighted by Gasteiger charge is -2.63. The number of amides is 8. The number of carbonyl (C=O) groups excluding carboxylic acids is 8. The predicted molar refractivity (Wildman–Crippen MR) is 386 cm³/mol. The second-order valence-electron chi connectivity index (χ2n) is 27.3. The van der Waals surface area contributed by atoms with Crippen LogP contribution in [0.25, 0.3) is 10.9 Å². The summed E-state index contributed by atoms with van der Waals surface area (Å²) in [5.41, 5.74) is 1.39. The number of hydrogen-bond donors (Lipinski definition) is 17. The molecule has 2 aliphatic carbocycles. The summed E-state index contributed by atoms with van der Waals surface area (Å²) in [6.07, 6.45) is 0.298. The van der Waals surface area contributed by atoms with Gasteiger partial charge in [0.1, 0.15) is 42.0 Å². The Kier molecular flexibility index (Phi) is 28.2. The molecule has 3 unspecified atom stereocenters. The van der Waals surface area contributed by atoms with E-state index in [0.29, 0.717) is 86.6 Å². The molecule has 0 radical (unpaired) electrons. The van der Waals surface area contributed by atoms with E-state index in [1.54, 1.807) is 11.9 Å². The molecule has 1 saturated heterocycles. The number of hydrazine groups is 1. The number of hydrogen-bond acceptors (Lipinski definition) is 23. The number of esters is 1. The number of para-hydroxylation sites is 1. The largest absolute Gasteiger partial charge is 0.496 e. The second-order valence-corrected chi connectivity index (χ2v) is 30.0. The van der Waals surface area contributed by atoms with E-state index in [9.17, 15) is 78.6 Å². The lowest BCUT2D eigenvalue weighted by atomic mass is 9.47. The summed E-state index contributed by atoms with van der Waals surface area (Å²) in [5, 5.41) is 94.1. The maximum Gasteiger partial charge on any atom is 0.426 e. The highest BCUT2D eigenvalue weighted by Crippen LogP contribution is 2.67. The Hall–Kier alpha value is -8.94. The Morgan fingerprint density at radius 2 is 1.45 bits per heavy atom. The zero-order chi connectivity index (χ0) is 77.5. The van der Waals surface area contributed by atoms with Gasteiger partial charge in [0.05, 0.1) is 38.8 Å². The minimum atomic E-state index is -2.62. The summed E-state index contributed by atoms with van der Waals surface area (Å²) in [6, 6.07) is 4.18. The Labute approximate surface area is 619 Å². The fourth-order valence-electron chi connectivity index (χ4n) is 16.4. The topological polar surface area (TPSA) is 505 Å². The van der Waals surface area contributed by atoms with Crippen molar-refractivity contribution < 1.29 is 107 Å². The Balaban J connectivity index is 0.842. The van der Waals surface area contributed by atoms with E-state index >= 15 is 9.59 Å². The maximum absolute atomic E-state index is 15.3. The summed E-state index contributed by atoms with van der Waals surface area (Å²) in [4.78, 5) is 161. The van der Waals surface area contributed by atoms with E-state index in [1.165, 1.54) is 35.8 Å². The number of aromatic nitrogens is 1. The van der Waals surface area contributed by atoms with Crippen LogP contribution in [0.15, 0.2) is 48.6 Å². The van der Waals surface area contributed by atoms with Crippen LogP contribution in [0, 0.1) is 11.3 Å². The Bertz CT molecular complexity index is 3800. The normalized spacial score (nSPS) is 23.8. The molecular formula is C70H98N12O22S2. The van der Waals surface area contributed by atoms with Gasteiger partial charge in [0, 0.05) is 109 Å². The van der Waals surface area contributed by atoms with E-state index in [2.05, 4.69) is 58.0 Å². The van der Waals surface area contributed by atoms with Gasteiger partial charge >= 0.3 is 42.0 Å². The quantitative estimate of drug-likeness (QED) is 0.0123. The number of nitrogens with zero attached hydrogens (tertiary/aromatic N) is 2. The first kappa shape index (κ1) is 82.7. The monoisotopic (exact) mass is 1520 g/mol. The van der Waals surface area contributed by atoms with Gasteiger partial charge in [-0.3, -0.25) is 48.7 Å². The number of aliphatic carboxylic acids is 4. The van der Waals surface area contributed by atoms with E-state index in [1.807, 2.05) is 69.3 Å². The minimum Gasteiger partial charge on any atom is -0.496 e. The number of nitrogens with one attached hydrogen (secondary N) is 10. The molecule has 1 aromatic heterocycles. The maximum atomic E-state index is 15.3. The Morgan fingerprint density at radius 1 is 0.764 bits per heavy atom. The lowest BCUT2D eigenvalue weighted by molar-refractivity contribution is -0.204. The number of anilines is 1. The number of carboxylic acids is 4. The predicted octanol–water partition coefficient (Wildman–Crippen LogP) is 0.813. The third-order valence-electron chi connectivity index (χ3n) is 21.4. The number of aliphatic hydroxyl groups is 3. The smallest absolute Gasteiger partial charge is 0.426 e. The van der Waals surface area contributed by atoms with Crippen LogP contribution in [0.1, 0.15) is 120 Å². The zero-order valence-corrected chi connectivity index (χ0v) is 61.7. The van der Waals surface area contributed by atoms with E-state index in [0.717, 1.165) is 28.6 Å². The average Bonchev–Trinajstić information content (AvgIpc) is 1.47. The van der Waals surface area contributed by atoms with Crippen LogP contribution >= 0.6 is 21.6 Å². The Morgan fingerprint density at radius 3 is 2.08 bits per heavy atom. The fourth-order valence-corrected chi connectivity index (χ4v) is 18.1. The highest BCUT2D eigenvalue weighted by Gasteiger charge is 2.79. The van der Waals surface area contributed by atoms with Crippen LogP contribution in [0.4, 0.5) is 15.3 Å². The van der Waals surface area contributed by atoms with Gasteiger partial charge in [0.2, 0.25) is 23.6 Å². The number of methoxy groups -OCH3 is 2. The first-order valence-electron chi connectivity index (χ1n) is 35.4. The number of carboxylic acid groups (broad SMARTS) is 4. The number of benzene rings is 2. The van der Waals surface area contributed by atoms with Gasteiger partial charge in [-0.15, -0.1) is 0 Å². The van der Waals surface area contributed by atoms with E-state index < -0.39 is 180 Å². The summed E-state index contributed by atoms with van der Waals surface area (Å²) in [6.45, 7) is 7.43. The molecule has 3 aromatic rings. The summed E-state index contributed by atoms with van der Waals surface area (Å²) < 4.78 is 17.5. The van der Waals surface area contributed by atoms with Crippen molar-refractivity contribution >= 4 is 110 Å². The van der Waals surface area contributed by atoms with Crippen LogP contribution in [0.3, 0.4) is 0 Å². The van der Waals surface area contributed by atoms with Crippen molar-refractivity contribution in [1.82, 2.24) is 58.0 Å².